The summed E-state index contributed by atoms with van der Waals surface area (Å²) in [6, 6.07) is 19.4. The van der Waals surface area contributed by atoms with E-state index in [0.29, 0.717) is 30.0 Å². The number of fused-ring (bicyclic) bond motifs is 2. The number of hydrogen-bond donors (Lipinski definition) is 2. The van der Waals surface area contributed by atoms with Gasteiger partial charge in [0.05, 0.1) is 24.6 Å². The summed E-state index contributed by atoms with van der Waals surface area (Å²) in [6.07, 6.45) is -1.42. The predicted molar refractivity (Wildman–Crippen MR) is 141 cm³/mol. The van der Waals surface area contributed by atoms with Gasteiger partial charge < -0.3 is 15.4 Å². The quantitative estimate of drug-likeness (QED) is 0.411. The van der Waals surface area contributed by atoms with Crippen LogP contribution in [0.3, 0.4) is 0 Å². The van der Waals surface area contributed by atoms with Crippen molar-refractivity contribution in [2.75, 3.05) is 11.9 Å². The third-order valence-electron chi connectivity index (χ3n) is 6.59. The number of halogens is 2. The molecule has 2 amide bonds. The van der Waals surface area contributed by atoms with Crippen molar-refractivity contribution < 1.29 is 23.1 Å². The normalized spacial score (nSPS) is 18.1. The summed E-state index contributed by atoms with van der Waals surface area (Å²) in [5.41, 5.74) is 1.49. The lowest BCUT2D eigenvalue weighted by Crippen LogP contribution is -2.42. The molecule has 0 unspecified atom stereocenters. The first-order valence-corrected chi connectivity index (χ1v) is 12.4. The summed E-state index contributed by atoms with van der Waals surface area (Å²) >= 11 is 0. The van der Waals surface area contributed by atoms with Gasteiger partial charge in [-0.05, 0) is 18.2 Å². The number of benzodiazepines with no additional fused rings is 1. The Labute approximate surface area is 222 Å². The lowest BCUT2D eigenvalue weighted by Gasteiger charge is -2.21. The predicted octanol–water partition coefficient (Wildman–Crippen LogP) is 4.40. The monoisotopic (exact) mass is 527 g/mol. The van der Waals surface area contributed by atoms with Crippen molar-refractivity contribution in [2.24, 2.45) is 10.9 Å². The van der Waals surface area contributed by atoms with E-state index in [0.717, 1.165) is 0 Å². The Bertz CT molecular complexity index is 1630. The Morgan fingerprint density at radius 3 is 2.51 bits per heavy atom. The van der Waals surface area contributed by atoms with Crippen LogP contribution in [0.15, 0.2) is 77.8 Å². The maximum atomic E-state index is 14.8. The molecule has 2 N–H and O–H groups in total. The molecule has 6 rings (SSSR count). The van der Waals surface area contributed by atoms with Crippen LogP contribution in [0.1, 0.15) is 28.4 Å². The first-order chi connectivity index (χ1) is 18.9. The van der Waals surface area contributed by atoms with Crippen LogP contribution in [0.2, 0.25) is 0 Å². The van der Waals surface area contributed by atoms with E-state index in [2.05, 4.69) is 20.7 Å². The standard InChI is InChI=1S/C29H23F2N5O3/c1-16-14-36-29(39-15-16)22(25(35-36)18-10-5-6-12-20(18)30)27(37)34-26-28(38)33-24-19(11-7-13-21(24)31)23(32-26)17-8-3-2-4-9-17/h2-13,16,26H,14-15H2,1H3,(H,33,38)(H,34,37)/t16-,26+/m0/s1. The number of carbonyl (C=O) groups is 2. The zero-order valence-electron chi connectivity index (χ0n) is 20.8. The summed E-state index contributed by atoms with van der Waals surface area (Å²) in [4.78, 5) is 31.6. The second kappa shape index (κ2) is 9.79. The molecule has 0 radical (unpaired) electrons. The molecule has 3 aromatic carbocycles. The van der Waals surface area contributed by atoms with Gasteiger partial charge in [0.25, 0.3) is 11.8 Å². The molecule has 1 aromatic heterocycles. The van der Waals surface area contributed by atoms with Crippen LogP contribution in [0.4, 0.5) is 14.5 Å². The van der Waals surface area contributed by atoms with E-state index >= 15 is 0 Å². The van der Waals surface area contributed by atoms with Crippen LogP contribution in [0, 0.1) is 17.6 Å². The summed E-state index contributed by atoms with van der Waals surface area (Å²) < 4.78 is 37.0. The molecule has 2 aliphatic rings. The van der Waals surface area contributed by atoms with Gasteiger partial charge in [0, 0.05) is 22.6 Å². The summed E-state index contributed by atoms with van der Waals surface area (Å²) in [5, 5.41) is 9.69. The average molecular weight is 528 g/mol. The van der Waals surface area contributed by atoms with Crippen molar-refractivity contribution >= 4 is 23.2 Å². The van der Waals surface area contributed by atoms with Gasteiger partial charge >= 0.3 is 0 Å². The molecule has 39 heavy (non-hydrogen) atoms. The Morgan fingerprint density at radius 2 is 1.72 bits per heavy atom. The number of anilines is 1. The molecule has 0 aliphatic carbocycles. The number of hydrogen-bond acceptors (Lipinski definition) is 5. The van der Waals surface area contributed by atoms with Crippen molar-refractivity contribution in [2.45, 2.75) is 19.6 Å². The fraction of sp³-hybridized carbons (Fsp3) is 0.172. The van der Waals surface area contributed by atoms with Crippen LogP contribution in [-0.2, 0) is 11.3 Å². The van der Waals surface area contributed by atoms with Crippen LogP contribution in [0.5, 0.6) is 5.88 Å². The minimum atomic E-state index is -1.42. The Balaban J connectivity index is 1.44. The van der Waals surface area contributed by atoms with Crippen molar-refractivity contribution in [1.82, 2.24) is 15.1 Å². The highest BCUT2D eigenvalue weighted by molar-refractivity contribution is 6.20. The number of amides is 2. The Morgan fingerprint density at radius 1 is 1.00 bits per heavy atom. The van der Waals surface area contributed by atoms with E-state index in [1.807, 2.05) is 13.0 Å². The third kappa shape index (κ3) is 4.43. The maximum absolute atomic E-state index is 14.8. The maximum Gasteiger partial charge on any atom is 0.269 e. The van der Waals surface area contributed by atoms with E-state index in [1.165, 1.54) is 28.9 Å². The largest absolute Gasteiger partial charge is 0.477 e. The lowest BCUT2D eigenvalue weighted by atomic mass is 10.0. The second-order valence-corrected chi connectivity index (χ2v) is 9.48. The molecule has 8 nitrogen and oxygen atoms in total. The average Bonchev–Trinajstić information content (AvgIpc) is 3.24. The molecule has 0 bridgehead atoms. The molecule has 3 heterocycles. The fourth-order valence-corrected chi connectivity index (χ4v) is 4.75. The zero-order valence-corrected chi connectivity index (χ0v) is 20.8. The van der Waals surface area contributed by atoms with E-state index in [4.69, 9.17) is 4.74 Å². The first-order valence-electron chi connectivity index (χ1n) is 12.4. The van der Waals surface area contributed by atoms with E-state index in [-0.39, 0.29) is 34.3 Å². The Hall–Kier alpha value is -4.86. The number of nitrogens with zero attached hydrogens (tertiary/aromatic N) is 3. The highest BCUT2D eigenvalue weighted by Crippen LogP contribution is 2.35. The van der Waals surface area contributed by atoms with Gasteiger partial charge in [0.1, 0.15) is 22.9 Å². The van der Waals surface area contributed by atoms with Crippen LogP contribution < -0.4 is 15.4 Å². The number of aromatic nitrogens is 2. The van der Waals surface area contributed by atoms with Gasteiger partial charge in [-0.25, -0.2) is 18.5 Å². The Kier molecular flexibility index (Phi) is 6.14. The van der Waals surface area contributed by atoms with Crippen LogP contribution in [-0.4, -0.2) is 40.1 Å². The van der Waals surface area contributed by atoms with Crippen LogP contribution in [0.25, 0.3) is 11.3 Å². The molecule has 2 aliphatic heterocycles. The van der Waals surface area contributed by atoms with Gasteiger partial charge in [0.15, 0.2) is 0 Å². The summed E-state index contributed by atoms with van der Waals surface area (Å²) in [7, 11) is 0. The molecular formula is C29H23F2N5O3. The summed E-state index contributed by atoms with van der Waals surface area (Å²) in [6.45, 7) is 2.79. The van der Waals surface area contributed by atoms with Crippen molar-refractivity contribution in [3.05, 3.63) is 101 Å². The van der Waals surface area contributed by atoms with Crippen LogP contribution >= 0.6 is 0 Å². The number of ether oxygens (including phenoxy) is 1. The van der Waals surface area contributed by atoms with E-state index in [1.54, 1.807) is 42.5 Å². The minimum Gasteiger partial charge on any atom is -0.477 e. The van der Waals surface area contributed by atoms with Gasteiger partial charge in [-0.2, -0.15) is 5.10 Å². The van der Waals surface area contributed by atoms with Crippen molar-refractivity contribution in [1.29, 1.82) is 0 Å². The van der Waals surface area contributed by atoms with Gasteiger partial charge in [-0.1, -0.05) is 61.5 Å². The number of aliphatic imine (C=N–C) groups is 1. The van der Waals surface area contributed by atoms with E-state index in [9.17, 15) is 18.4 Å². The van der Waals surface area contributed by atoms with Crippen molar-refractivity contribution in [3.63, 3.8) is 0 Å². The molecule has 0 saturated heterocycles. The number of para-hydroxylation sites is 1. The fourth-order valence-electron chi connectivity index (χ4n) is 4.75. The van der Waals surface area contributed by atoms with E-state index < -0.39 is 29.6 Å². The van der Waals surface area contributed by atoms with Gasteiger partial charge in [-0.3, -0.25) is 9.59 Å². The molecule has 0 saturated carbocycles. The molecule has 0 fully saturated rings. The topological polar surface area (TPSA) is 97.6 Å². The first kappa shape index (κ1) is 24.5. The lowest BCUT2D eigenvalue weighted by molar-refractivity contribution is -0.117. The second-order valence-electron chi connectivity index (χ2n) is 9.48. The van der Waals surface area contributed by atoms with Gasteiger partial charge in [0.2, 0.25) is 12.0 Å². The third-order valence-corrected chi connectivity index (χ3v) is 6.59. The smallest absolute Gasteiger partial charge is 0.269 e. The summed E-state index contributed by atoms with van der Waals surface area (Å²) in [5.74, 6) is -2.35. The molecule has 10 heteroatoms. The SMILES string of the molecule is C[C@@H]1COc2c(C(=O)N[C@H]3N=C(c4ccccc4)c4cccc(F)c4NC3=O)c(-c3ccccc3F)nn2C1. The molecule has 4 aromatic rings. The molecule has 196 valence electrons. The molecule has 0 spiro atoms. The highest BCUT2D eigenvalue weighted by atomic mass is 19.1. The zero-order chi connectivity index (χ0) is 27.1. The number of nitrogens with one attached hydrogen (secondary N) is 2. The number of carbonyl (C=O) groups excluding carboxylic acids is 2. The minimum absolute atomic E-state index is 0.01000. The molecule has 2 atom stereocenters. The number of benzene rings is 3. The van der Waals surface area contributed by atoms with Gasteiger partial charge in [-0.15, -0.1) is 0 Å². The highest BCUT2D eigenvalue weighted by Gasteiger charge is 2.34. The number of rotatable bonds is 4. The molecular weight excluding hydrogens is 504 g/mol. The van der Waals surface area contributed by atoms with Crippen molar-refractivity contribution in [3.8, 4) is 17.1 Å².